The van der Waals surface area contributed by atoms with E-state index in [4.69, 9.17) is 9.47 Å². The third-order valence-corrected chi connectivity index (χ3v) is 5.09. The van der Waals surface area contributed by atoms with Crippen molar-refractivity contribution in [2.24, 2.45) is 0 Å². The smallest absolute Gasteiger partial charge is 0.115 e. The van der Waals surface area contributed by atoms with E-state index in [1.54, 1.807) is 6.33 Å². The number of benzene rings is 1. The molecule has 126 valence electrons. The first-order chi connectivity index (χ1) is 11.8. The van der Waals surface area contributed by atoms with Crippen molar-refractivity contribution >= 4 is 5.69 Å². The van der Waals surface area contributed by atoms with Gasteiger partial charge in [-0.3, -0.25) is 0 Å². The van der Waals surface area contributed by atoms with Crippen LogP contribution in [0.15, 0.2) is 49.1 Å². The first-order valence-corrected chi connectivity index (χ1v) is 8.62. The van der Waals surface area contributed by atoms with Gasteiger partial charge >= 0.3 is 0 Å². The Hall–Kier alpha value is -1.98. The van der Waals surface area contributed by atoms with Crippen LogP contribution in [0.1, 0.15) is 24.8 Å². The number of anilines is 1. The van der Waals surface area contributed by atoms with Crippen LogP contribution in [0.25, 0.3) is 0 Å². The second kappa shape index (κ2) is 6.87. The van der Waals surface area contributed by atoms with E-state index in [1.807, 2.05) is 30.6 Å². The minimum atomic E-state index is -0.00646. The molecule has 1 spiro atoms. The zero-order valence-corrected chi connectivity index (χ0v) is 13.8. The van der Waals surface area contributed by atoms with Crippen LogP contribution in [0, 0.1) is 0 Å². The normalized spacial score (nSPS) is 22.8. The van der Waals surface area contributed by atoms with E-state index in [0.717, 1.165) is 38.0 Å². The molecule has 2 saturated heterocycles. The number of nitrogens with zero attached hydrogens (tertiary/aromatic N) is 3. The Balaban J connectivity index is 1.29. The van der Waals surface area contributed by atoms with Gasteiger partial charge in [-0.1, -0.05) is 30.3 Å². The molecular weight excluding hydrogens is 302 g/mol. The number of hydrogen-bond donors (Lipinski definition) is 0. The van der Waals surface area contributed by atoms with Gasteiger partial charge in [0, 0.05) is 19.5 Å². The lowest BCUT2D eigenvalue weighted by Gasteiger charge is -2.39. The lowest BCUT2D eigenvalue weighted by Crippen LogP contribution is -2.44. The SMILES string of the molecule is c1ccc(COC2COC3(CCN(c4cncnc4)CC3)C2)cc1. The highest BCUT2D eigenvalue weighted by atomic mass is 16.6. The summed E-state index contributed by atoms with van der Waals surface area (Å²) in [6.45, 7) is 3.34. The Labute approximate surface area is 142 Å². The summed E-state index contributed by atoms with van der Waals surface area (Å²) in [6.07, 6.45) is 8.61. The van der Waals surface area contributed by atoms with Crippen molar-refractivity contribution in [1.82, 2.24) is 9.97 Å². The van der Waals surface area contributed by atoms with E-state index < -0.39 is 0 Å². The van der Waals surface area contributed by atoms with Gasteiger partial charge in [0.05, 0.1) is 43.0 Å². The minimum Gasteiger partial charge on any atom is -0.372 e. The molecule has 0 saturated carbocycles. The van der Waals surface area contributed by atoms with E-state index in [-0.39, 0.29) is 11.7 Å². The second-order valence-electron chi connectivity index (χ2n) is 6.70. The summed E-state index contributed by atoms with van der Waals surface area (Å²) >= 11 is 0. The summed E-state index contributed by atoms with van der Waals surface area (Å²) < 4.78 is 12.3. The molecule has 1 unspecified atom stereocenters. The Bertz CT molecular complexity index is 642. The second-order valence-corrected chi connectivity index (χ2v) is 6.70. The third-order valence-electron chi connectivity index (χ3n) is 5.09. The summed E-state index contributed by atoms with van der Waals surface area (Å²) in [5.74, 6) is 0. The van der Waals surface area contributed by atoms with Crippen LogP contribution in [-0.4, -0.2) is 41.4 Å². The van der Waals surface area contributed by atoms with Gasteiger partial charge in [-0.15, -0.1) is 0 Å². The van der Waals surface area contributed by atoms with Crippen LogP contribution in [0.2, 0.25) is 0 Å². The van der Waals surface area contributed by atoms with Crippen molar-refractivity contribution in [2.75, 3.05) is 24.6 Å². The van der Waals surface area contributed by atoms with E-state index in [0.29, 0.717) is 13.2 Å². The maximum atomic E-state index is 6.18. The van der Waals surface area contributed by atoms with Crippen molar-refractivity contribution in [3.8, 4) is 0 Å². The fourth-order valence-corrected chi connectivity index (χ4v) is 3.67. The van der Waals surface area contributed by atoms with Gasteiger partial charge in [-0.25, -0.2) is 9.97 Å². The van der Waals surface area contributed by atoms with Crippen LogP contribution >= 0.6 is 0 Å². The number of rotatable bonds is 4. The average Bonchev–Trinajstić information content (AvgIpc) is 3.05. The molecule has 2 aliphatic heterocycles. The van der Waals surface area contributed by atoms with Crippen LogP contribution in [0.4, 0.5) is 5.69 Å². The molecule has 4 rings (SSSR count). The zero-order valence-electron chi connectivity index (χ0n) is 13.8. The lowest BCUT2D eigenvalue weighted by molar-refractivity contribution is -0.0203. The molecule has 0 radical (unpaired) electrons. The van der Waals surface area contributed by atoms with Crippen molar-refractivity contribution in [3.63, 3.8) is 0 Å². The van der Waals surface area contributed by atoms with Crippen molar-refractivity contribution in [1.29, 1.82) is 0 Å². The number of piperidine rings is 1. The molecule has 2 fully saturated rings. The lowest BCUT2D eigenvalue weighted by atomic mass is 9.88. The van der Waals surface area contributed by atoms with Gasteiger partial charge in [0.1, 0.15) is 6.33 Å². The molecule has 5 heteroatoms. The Morgan fingerprint density at radius 1 is 1.12 bits per heavy atom. The molecule has 1 atom stereocenters. The first-order valence-electron chi connectivity index (χ1n) is 8.62. The van der Waals surface area contributed by atoms with Crippen LogP contribution in [0.3, 0.4) is 0 Å². The Kier molecular flexibility index (Phi) is 4.45. The molecule has 0 amide bonds. The fourth-order valence-electron chi connectivity index (χ4n) is 3.67. The van der Waals surface area contributed by atoms with Crippen molar-refractivity contribution in [2.45, 2.75) is 37.6 Å². The highest BCUT2D eigenvalue weighted by molar-refractivity contribution is 5.42. The molecule has 0 bridgehead atoms. The molecule has 0 N–H and O–H groups in total. The zero-order chi connectivity index (χ0) is 16.2. The molecule has 1 aromatic carbocycles. The number of hydrogen-bond acceptors (Lipinski definition) is 5. The first kappa shape index (κ1) is 15.5. The molecular formula is C19H23N3O2. The summed E-state index contributed by atoms with van der Waals surface area (Å²) in [5.41, 5.74) is 2.31. The van der Waals surface area contributed by atoms with Crippen LogP contribution in [-0.2, 0) is 16.1 Å². The number of aromatic nitrogens is 2. The van der Waals surface area contributed by atoms with Crippen LogP contribution < -0.4 is 4.90 Å². The summed E-state index contributed by atoms with van der Waals surface area (Å²) in [6, 6.07) is 10.3. The van der Waals surface area contributed by atoms with Gasteiger partial charge in [0.25, 0.3) is 0 Å². The highest BCUT2D eigenvalue weighted by Gasteiger charge is 2.43. The molecule has 2 aliphatic rings. The van der Waals surface area contributed by atoms with Crippen molar-refractivity contribution < 1.29 is 9.47 Å². The van der Waals surface area contributed by atoms with Gasteiger partial charge < -0.3 is 14.4 Å². The van der Waals surface area contributed by atoms with Crippen molar-refractivity contribution in [3.05, 3.63) is 54.6 Å². The minimum absolute atomic E-state index is 0.00646. The standard InChI is InChI=1S/C19H23N3O2/c1-2-4-16(5-3-1)13-23-18-10-19(24-14-18)6-8-22(9-7-19)17-11-20-15-21-12-17/h1-5,11-12,15,18H,6-10,13-14H2. The number of ether oxygens (including phenoxy) is 2. The average molecular weight is 325 g/mol. The van der Waals surface area contributed by atoms with Gasteiger partial charge in [0.15, 0.2) is 0 Å². The van der Waals surface area contributed by atoms with Gasteiger partial charge in [-0.2, -0.15) is 0 Å². The molecule has 2 aromatic rings. The van der Waals surface area contributed by atoms with Gasteiger partial charge in [-0.05, 0) is 18.4 Å². The quantitative estimate of drug-likeness (QED) is 0.865. The Morgan fingerprint density at radius 3 is 2.62 bits per heavy atom. The fraction of sp³-hybridized carbons (Fsp3) is 0.474. The monoisotopic (exact) mass is 325 g/mol. The predicted octanol–water partition coefficient (Wildman–Crippen LogP) is 2.82. The van der Waals surface area contributed by atoms with E-state index >= 15 is 0 Å². The van der Waals surface area contributed by atoms with E-state index in [1.165, 1.54) is 5.56 Å². The summed E-state index contributed by atoms with van der Waals surface area (Å²) in [7, 11) is 0. The molecule has 0 aliphatic carbocycles. The maximum Gasteiger partial charge on any atom is 0.115 e. The third kappa shape index (κ3) is 3.42. The van der Waals surface area contributed by atoms with Crippen LogP contribution in [0.5, 0.6) is 0 Å². The molecule has 24 heavy (non-hydrogen) atoms. The Morgan fingerprint density at radius 2 is 1.88 bits per heavy atom. The molecule has 5 nitrogen and oxygen atoms in total. The maximum absolute atomic E-state index is 6.18. The largest absolute Gasteiger partial charge is 0.372 e. The topological polar surface area (TPSA) is 47.5 Å². The molecule has 3 heterocycles. The van der Waals surface area contributed by atoms with E-state index in [9.17, 15) is 0 Å². The highest BCUT2D eigenvalue weighted by Crippen LogP contribution is 2.38. The van der Waals surface area contributed by atoms with E-state index in [2.05, 4.69) is 27.0 Å². The van der Waals surface area contributed by atoms with Gasteiger partial charge in [0.2, 0.25) is 0 Å². The predicted molar refractivity (Wildman–Crippen MR) is 91.8 cm³/mol. The molecule has 1 aromatic heterocycles. The summed E-state index contributed by atoms with van der Waals surface area (Å²) in [4.78, 5) is 10.6. The summed E-state index contributed by atoms with van der Waals surface area (Å²) in [5, 5.41) is 0.